The zero-order chi connectivity index (χ0) is 10.1. The monoisotopic (exact) mass is 205 g/mol. The molecule has 0 radical (unpaired) electrons. The molecule has 0 saturated carbocycles. The molecule has 72 valence electrons. The van der Waals surface area contributed by atoms with E-state index in [0.717, 1.165) is 11.1 Å². The van der Waals surface area contributed by atoms with Crippen LogP contribution in [0.25, 0.3) is 10.4 Å². The van der Waals surface area contributed by atoms with Crippen molar-refractivity contribution in [3.05, 3.63) is 45.2 Å². The average Bonchev–Trinajstić information content (AvgIpc) is 2.57. The Morgan fingerprint density at radius 1 is 1.29 bits per heavy atom. The van der Waals surface area contributed by atoms with Crippen LogP contribution < -0.4 is 5.56 Å². The largest absolute Gasteiger partial charge is 0.328 e. The second-order valence-corrected chi connectivity index (χ2v) is 4.25. The van der Waals surface area contributed by atoms with E-state index in [2.05, 4.69) is 23.4 Å². The molecule has 14 heavy (non-hydrogen) atoms. The molecule has 2 nitrogen and oxygen atoms in total. The van der Waals surface area contributed by atoms with E-state index in [1.54, 1.807) is 17.5 Å². The summed E-state index contributed by atoms with van der Waals surface area (Å²) in [6, 6.07) is 4.01. The van der Waals surface area contributed by atoms with Gasteiger partial charge in [0, 0.05) is 22.2 Å². The molecule has 2 rings (SSSR count). The maximum Gasteiger partial charge on any atom is 0.250 e. The molecule has 0 saturated heterocycles. The van der Waals surface area contributed by atoms with Crippen LogP contribution in [-0.4, -0.2) is 4.98 Å². The highest BCUT2D eigenvalue weighted by atomic mass is 32.1. The molecule has 0 fully saturated rings. The molecule has 0 spiro atoms. The van der Waals surface area contributed by atoms with Crippen molar-refractivity contribution in [2.75, 3.05) is 0 Å². The number of aromatic amines is 1. The van der Waals surface area contributed by atoms with Gasteiger partial charge in [0.15, 0.2) is 0 Å². The van der Waals surface area contributed by atoms with Crippen molar-refractivity contribution in [3.63, 3.8) is 0 Å². The first-order valence-electron chi connectivity index (χ1n) is 4.42. The molecular formula is C11H11NOS. The van der Waals surface area contributed by atoms with Gasteiger partial charge in [0.1, 0.15) is 0 Å². The Morgan fingerprint density at radius 2 is 2.07 bits per heavy atom. The van der Waals surface area contributed by atoms with Crippen LogP contribution in [0.4, 0.5) is 0 Å². The summed E-state index contributed by atoms with van der Waals surface area (Å²) in [7, 11) is 0. The molecule has 0 aromatic carbocycles. The fourth-order valence-corrected chi connectivity index (χ4v) is 2.31. The molecular weight excluding hydrogens is 194 g/mol. The standard InChI is InChI=1S/C11H11NOS/c1-7-3-4-14-10(7)9-5-8(2)11(13)12-6-9/h3-6H,1-2H3,(H,12,13). The molecule has 2 aromatic rings. The van der Waals surface area contributed by atoms with Gasteiger partial charge in [0.25, 0.3) is 5.56 Å². The van der Waals surface area contributed by atoms with E-state index < -0.39 is 0 Å². The lowest BCUT2D eigenvalue weighted by Crippen LogP contribution is -2.07. The van der Waals surface area contributed by atoms with E-state index in [0.29, 0.717) is 0 Å². The topological polar surface area (TPSA) is 32.9 Å². The lowest BCUT2D eigenvalue weighted by atomic mass is 10.1. The predicted molar refractivity (Wildman–Crippen MR) is 59.8 cm³/mol. The van der Waals surface area contributed by atoms with Crippen LogP contribution in [0, 0.1) is 13.8 Å². The van der Waals surface area contributed by atoms with Crippen LogP contribution in [0.3, 0.4) is 0 Å². The Hall–Kier alpha value is -1.35. The predicted octanol–water partition coefficient (Wildman–Crippen LogP) is 2.72. The summed E-state index contributed by atoms with van der Waals surface area (Å²) in [5.41, 5.74) is 3.09. The Bertz CT molecular complexity index is 510. The van der Waals surface area contributed by atoms with Gasteiger partial charge < -0.3 is 4.98 Å². The number of rotatable bonds is 1. The number of aromatic nitrogens is 1. The van der Waals surface area contributed by atoms with Crippen molar-refractivity contribution < 1.29 is 0 Å². The molecule has 0 aliphatic carbocycles. The number of H-pyrrole nitrogens is 1. The van der Waals surface area contributed by atoms with Gasteiger partial charge in [-0.05, 0) is 36.9 Å². The quantitative estimate of drug-likeness (QED) is 0.763. The first-order chi connectivity index (χ1) is 6.68. The van der Waals surface area contributed by atoms with E-state index in [9.17, 15) is 4.79 Å². The van der Waals surface area contributed by atoms with Crippen LogP contribution in [-0.2, 0) is 0 Å². The van der Waals surface area contributed by atoms with Crippen LogP contribution in [0.5, 0.6) is 0 Å². The van der Waals surface area contributed by atoms with Crippen LogP contribution in [0.15, 0.2) is 28.5 Å². The minimum atomic E-state index is -0.0111. The normalized spacial score (nSPS) is 10.4. The third kappa shape index (κ3) is 1.51. The lowest BCUT2D eigenvalue weighted by Gasteiger charge is -2.00. The fraction of sp³-hybridized carbons (Fsp3) is 0.182. The highest BCUT2D eigenvalue weighted by molar-refractivity contribution is 7.13. The molecule has 0 unspecified atom stereocenters. The van der Waals surface area contributed by atoms with Crippen molar-refractivity contribution in [2.24, 2.45) is 0 Å². The Kier molecular flexibility index (Phi) is 2.25. The van der Waals surface area contributed by atoms with E-state index >= 15 is 0 Å². The fourth-order valence-electron chi connectivity index (χ4n) is 1.40. The molecule has 0 amide bonds. The van der Waals surface area contributed by atoms with E-state index in [4.69, 9.17) is 0 Å². The SMILES string of the molecule is Cc1ccsc1-c1c[nH]c(=O)c(C)c1. The van der Waals surface area contributed by atoms with Crippen molar-refractivity contribution in [3.8, 4) is 10.4 Å². The van der Waals surface area contributed by atoms with Gasteiger partial charge in [-0.2, -0.15) is 0 Å². The third-order valence-corrected chi connectivity index (χ3v) is 3.28. The third-order valence-electron chi connectivity index (χ3n) is 2.21. The van der Waals surface area contributed by atoms with Gasteiger partial charge in [-0.15, -0.1) is 11.3 Å². The highest BCUT2D eigenvalue weighted by Crippen LogP contribution is 2.27. The van der Waals surface area contributed by atoms with Crippen molar-refractivity contribution in [1.29, 1.82) is 0 Å². The van der Waals surface area contributed by atoms with Gasteiger partial charge in [0.2, 0.25) is 0 Å². The van der Waals surface area contributed by atoms with Gasteiger partial charge in [-0.1, -0.05) is 0 Å². The second kappa shape index (κ2) is 3.42. The molecule has 2 heterocycles. The summed E-state index contributed by atoms with van der Waals surface area (Å²) < 4.78 is 0. The molecule has 2 aromatic heterocycles. The Labute approximate surface area is 86.2 Å². The second-order valence-electron chi connectivity index (χ2n) is 3.33. The summed E-state index contributed by atoms with van der Waals surface area (Å²) in [6.07, 6.45) is 1.77. The Balaban J connectivity index is 2.59. The lowest BCUT2D eigenvalue weighted by molar-refractivity contribution is 1.18. The maximum atomic E-state index is 11.2. The van der Waals surface area contributed by atoms with Crippen molar-refractivity contribution >= 4 is 11.3 Å². The number of nitrogens with one attached hydrogen (secondary N) is 1. The number of aryl methyl sites for hydroxylation is 2. The molecule has 0 bridgehead atoms. The number of hydrogen-bond donors (Lipinski definition) is 1. The van der Waals surface area contributed by atoms with E-state index in [-0.39, 0.29) is 5.56 Å². The molecule has 0 aliphatic heterocycles. The molecule has 1 N–H and O–H groups in total. The summed E-state index contributed by atoms with van der Waals surface area (Å²) in [4.78, 5) is 15.1. The summed E-state index contributed by atoms with van der Waals surface area (Å²) in [6.45, 7) is 3.90. The van der Waals surface area contributed by atoms with Gasteiger partial charge in [-0.25, -0.2) is 0 Å². The molecule has 0 aliphatic rings. The minimum absolute atomic E-state index is 0.0111. The van der Waals surface area contributed by atoms with E-state index in [1.807, 2.05) is 13.0 Å². The smallest absolute Gasteiger partial charge is 0.250 e. The van der Waals surface area contributed by atoms with Crippen LogP contribution in [0.2, 0.25) is 0 Å². The number of hydrogen-bond acceptors (Lipinski definition) is 2. The Morgan fingerprint density at radius 3 is 2.64 bits per heavy atom. The number of thiophene rings is 1. The van der Waals surface area contributed by atoms with Crippen molar-refractivity contribution in [1.82, 2.24) is 4.98 Å². The van der Waals surface area contributed by atoms with Crippen LogP contribution >= 0.6 is 11.3 Å². The summed E-state index contributed by atoms with van der Waals surface area (Å²) >= 11 is 1.70. The van der Waals surface area contributed by atoms with Crippen molar-refractivity contribution in [2.45, 2.75) is 13.8 Å². The minimum Gasteiger partial charge on any atom is -0.328 e. The maximum absolute atomic E-state index is 11.2. The molecule has 0 atom stereocenters. The van der Waals surface area contributed by atoms with Crippen LogP contribution in [0.1, 0.15) is 11.1 Å². The highest BCUT2D eigenvalue weighted by Gasteiger charge is 2.04. The first-order valence-corrected chi connectivity index (χ1v) is 5.30. The van der Waals surface area contributed by atoms with Gasteiger partial charge in [0.05, 0.1) is 0 Å². The van der Waals surface area contributed by atoms with Gasteiger partial charge >= 0.3 is 0 Å². The summed E-state index contributed by atoms with van der Waals surface area (Å²) in [5.74, 6) is 0. The summed E-state index contributed by atoms with van der Waals surface area (Å²) in [5, 5.41) is 2.06. The zero-order valence-corrected chi connectivity index (χ0v) is 8.94. The van der Waals surface area contributed by atoms with E-state index in [1.165, 1.54) is 10.4 Å². The number of pyridine rings is 1. The first kappa shape index (κ1) is 9.21. The average molecular weight is 205 g/mol. The zero-order valence-electron chi connectivity index (χ0n) is 8.13. The molecule has 3 heteroatoms. The van der Waals surface area contributed by atoms with Gasteiger partial charge in [-0.3, -0.25) is 4.79 Å².